The molecule has 54 valence electrons. The first kappa shape index (κ1) is 9.01. The zero-order chi connectivity index (χ0) is 7.12. The molecule has 0 saturated carbocycles. The standard InChI is InChI=1S/CH4O2P2S4/c2-4(6)1-5(3,7)9-8-4/h1H2,(H,2,6)(H,3,7). The van der Waals surface area contributed by atoms with Gasteiger partial charge in [-0.05, 0) is 20.8 Å². The zero-order valence-electron chi connectivity index (χ0n) is 4.13. The first-order valence-corrected chi connectivity index (χ1v) is 11.2. The molecule has 2 atom stereocenters. The molecule has 2 unspecified atom stereocenters. The van der Waals surface area contributed by atoms with Crippen molar-refractivity contribution in [1.82, 2.24) is 0 Å². The predicted octanol–water partition coefficient (Wildman–Crippen LogP) is 1.94. The van der Waals surface area contributed by atoms with Crippen LogP contribution in [0.1, 0.15) is 0 Å². The first-order valence-electron chi connectivity index (χ1n) is 1.93. The average Bonchev–Trinajstić information content (AvgIpc) is 1.78. The van der Waals surface area contributed by atoms with Crippen molar-refractivity contribution in [3.05, 3.63) is 0 Å². The Bertz CT molecular complexity index is 191. The van der Waals surface area contributed by atoms with E-state index in [1.54, 1.807) is 0 Å². The van der Waals surface area contributed by atoms with Crippen LogP contribution in [-0.4, -0.2) is 15.7 Å². The van der Waals surface area contributed by atoms with Gasteiger partial charge in [0.25, 0.3) is 0 Å². The molecule has 0 aromatic carbocycles. The van der Waals surface area contributed by atoms with E-state index in [2.05, 4.69) is 0 Å². The topological polar surface area (TPSA) is 40.5 Å². The van der Waals surface area contributed by atoms with Crippen molar-refractivity contribution in [3.8, 4) is 0 Å². The Kier molecular flexibility index (Phi) is 2.76. The molecule has 8 heteroatoms. The summed E-state index contributed by atoms with van der Waals surface area (Å²) >= 11 is 9.53. The van der Waals surface area contributed by atoms with E-state index in [1.165, 1.54) is 20.8 Å². The van der Waals surface area contributed by atoms with E-state index in [4.69, 9.17) is 23.6 Å². The lowest BCUT2D eigenvalue weighted by Crippen LogP contribution is -1.73. The normalized spacial score (nSPS) is 51.8. The minimum atomic E-state index is -2.26. The van der Waals surface area contributed by atoms with E-state index in [-0.39, 0.29) is 0 Å². The molecule has 1 fully saturated rings. The number of hydrogen-bond acceptors (Lipinski definition) is 4. The second kappa shape index (κ2) is 2.76. The molecule has 1 heterocycles. The van der Waals surface area contributed by atoms with Gasteiger partial charge < -0.3 is 9.79 Å². The van der Waals surface area contributed by atoms with E-state index in [0.717, 1.165) is 0 Å². The SMILES string of the molecule is OP1(=S)CP(O)(=S)SS1. The van der Waals surface area contributed by atoms with Gasteiger partial charge in [0.2, 0.25) is 0 Å². The van der Waals surface area contributed by atoms with Crippen molar-refractivity contribution in [2.24, 2.45) is 0 Å². The summed E-state index contributed by atoms with van der Waals surface area (Å²) in [5, 5.41) is 0. The Morgan fingerprint density at radius 1 is 1.11 bits per heavy atom. The van der Waals surface area contributed by atoms with Gasteiger partial charge in [0.05, 0.1) is 5.90 Å². The monoisotopic (exact) mass is 238 g/mol. The second-order valence-corrected chi connectivity index (χ2v) is 17.8. The molecule has 9 heavy (non-hydrogen) atoms. The Balaban J connectivity index is 2.81. The third-order valence-corrected chi connectivity index (χ3v) is 19.6. The van der Waals surface area contributed by atoms with Crippen molar-refractivity contribution < 1.29 is 9.79 Å². The molecule has 2 nitrogen and oxygen atoms in total. The lowest BCUT2D eigenvalue weighted by Gasteiger charge is -2.01. The van der Waals surface area contributed by atoms with Crippen LogP contribution in [0.5, 0.6) is 0 Å². The molecule has 0 radical (unpaired) electrons. The number of rotatable bonds is 0. The molecule has 1 aliphatic heterocycles. The average molecular weight is 238 g/mol. The third kappa shape index (κ3) is 2.80. The van der Waals surface area contributed by atoms with E-state index in [0.29, 0.717) is 5.90 Å². The third-order valence-electron chi connectivity index (χ3n) is 0.624. The molecule has 0 bridgehead atoms. The molecule has 0 spiro atoms. The molecular weight excluding hydrogens is 234 g/mol. The summed E-state index contributed by atoms with van der Waals surface area (Å²) in [6, 6.07) is 0. The maximum Gasteiger partial charge on any atom is 0.135 e. The molecule has 2 N–H and O–H groups in total. The summed E-state index contributed by atoms with van der Waals surface area (Å²) in [6.07, 6.45) is 0. The highest BCUT2D eigenvalue weighted by atomic mass is 33.5. The Labute approximate surface area is 70.9 Å². The van der Waals surface area contributed by atoms with Gasteiger partial charge in [-0.1, -0.05) is 23.6 Å². The van der Waals surface area contributed by atoms with Crippen molar-refractivity contribution >= 4 is 55.4 Å². The fourth-order valence-corrected chi connectivity index (χ4v) is 27.3. The molecule has 0 amide bonds. The first-order chi connectivity index (χ1) is 3.91. The van der Waals surface area contributed by atoms with Crippen LogP contribution in [0.25, 0.3) is 0 Å². The highest BCUT2D eigenvalue weighted by Gasteiger charge is 2.34. The van der Waals surface area contributed by atoms with Gasteiger partial charge in [-0.3, -0.25) is 0 Å². The van der Waals surface area contributed by atoms with Crippen LogP contribution in [0.3, 0.4) is 0 Å². The second-order valence-electron chi connectivity index (χ2n) is 1.57. The Morgan fingerprint density at radius 3 is 1.56 bits per heavy atom. The molecule has 0 aliphatic carbocycles. The maximum atomic E-state index is 9.20. The zero-order valence-corrected chi connectivity index (χ0v) is 9.18. The maximum absolute atomic E-state index is 9.20. The minimum Gasteiger partial charge on any atom is -0.356 e. The summed E-state index contributed by atoms with van der Waals surface area (Å²) < 4.78 is 0. The van der Waals surface area contributed by atoms with E-state index in [9.17, 15) is 9.79 Å². The van der Waals surface area contributed by atoms with Gasteiger partial charge in [0.15, 0.2) is 0 Å². The van der Waals surface area contributed by atoms with Gasteiger partial charge in [0.1, 0.15) is 10.9 Å². The van der Waals surface area contributed by atoms with Crippen LogP contribution < -0.4 is 0 Å². The van der Waals surface area contributed by atoms with Crippen LogP contribution in [0, 0.1) is 0 Å². The van der Waals surface area contributed by atoms with Crippen LogP contribution in [0.2, 0.25) is 0 Å². The van der Waals surface area contributed by atoms with Crippen LogP contribution in [-0.2, 0) is 23.6 Å². The van der Waals surface area contributed by atoms with Gasteiger partial charge in [-0.2, -0.15) is 0 Å². The lowest BCUT2D eigenvalue weighted by molar-refractivity contribution is 0.631. The van der Waals surface area contributed by atoms with E-state index < -0.39 is 10.9 Å². The Hall–Kier alpha value is 1.92. The fraction of sp³-hybridized carbons (Fsp3) is 1.00. The molecule has 0 aromatic heterocycles. The summed E-state index contributed by atoms with van der Waals surface area (Å²) in [4.78, 5) is 18.4. The lowest BCUT2D eigenvalue weighted by atomic mass is 11.9. The molecule has 1 aliphatic rings. The largest absolute Gasteiger partial charge is 0.356 e. The van der Waals surface area contributed by atoms with Gasteiger partial charge in [-0.15, -0.1) is 0 Å². The van der Waals surface area contributed by atoms with E-state index in [1.807, 2.05) is 0 Å². The highest BCUT2D eigenvalue weighted by molar-refractivity contribution is 9.22. The van der Waals surface area contributed by atoms with Gasteiger partial charge in [0, 0.05) is 0 Å². The molecular formula is CH4O2P2S4. The quantitative estimate of drug-likeness (QED) is 0.496. The summed E-state index contributed by atoms with van der Waals surface area (Å²) in [7, 11) is 2.40. The molecule has 1 rings (SSSR count). The predicted molar refractivity (Wildman–Crippen MR) is 53.1 cm³/mol. The van der Waals surface area contributed by atoms with E-state index >= 15 is 0 Å². The smallest absolute Gasteiger partial charge is 0.135 e. The summed E-state index contributed by atoms with van der Waals surface area (Å²) in [5.41, 5.74) is -4.51. The Morgan fingerprint density at radius 2 is 1.44 bits per heavy atom. The van der Waals surface area contributed by atoms with Gasteiger partial charge >= 0.3 is 0 Å². The van der Waals surface area contributed by atoms with Gasteiger partial charge in [-0.25, -0.2) is 0 Å². The van der Waals surface area contributed by atoms with Crippen LogP contribution in [0.4, 0.5) is 0 Å². The fourth-order valence-electron chi connectivity index (χ4n) is 0.377. The van der Waals surface area contributed by atoms with Crippen molar-refractivity contribution in [2.75, 3.05) is 5.90 Å². The summed E-state index contributed by atoms with van der Waals surface area (Å²) in [5.74, 6) is 0.292. The van der Waals surface area contributed by atoms with Crippen molar-refractivity contribution in [1.29, 1.82) is 0 Å². The van der Waals surface area contributed by atoms with Crippen LogP contribution >= 0.6 is 31.8 Å². The molecule has 1 saturated heterocycles. The van der Waals surface area contributed by atoms with Crippen molar-refractivity contribution in [3.63, 3.8) is 0 Å². The highest BCUT2D eigenvalue weighted by Crippen LogP contribution is 2.85. The molecule has 0 aromatic rings. The van der Waals surface area contributed by atoms with Crippen LogP contribution in [0.15, 0.2) is 0 Å². The summed E-state index contributed by atoms with van der Waals surface area (Å²) in [6.45, 7) is 0. The van der Waals surface area contributed by atoms with Crippen molar-refractivity contribution in [2.45, 2.75) is 0 Å². The minimum absolute atomic E-state index is 0.292. The number of hydrogen-bond donors (Lipinski definition) is 2.